The summed E-state index contributed by atoms with van der Waals surface area (Å²) < 4.78 is 10.8. The lowest BCUT2D eigenvalue weighted by molar-refractivity contribution is 0.0713. The number of amides is 1. The number of nitrogens with one attached hydrogen (secondary N) is 1. The molecule has 0 unspecified atom stereocenters. The van der Waals surface area contributed by atoms with Crippen molar-refractivity contribution in [3.8, 4) is 5.75 Å². The number of furan rings is 1. The number of nitrogens with zero attached hydrogens (tertiary/aromatic N) is 1. The van der Waals surface area contributed by atoms with Crippen molar-refractivity contribution < 1.29 is 13.9 Å². The van der Waals surface area contributed by atoms with E-state index in [2.05, 4.69) is 18.0 Å². The number of para-hydroxylation sites is 1. The Morgan fingerprint density at radius 1 is 1.06 bits per heavy atom. The van der Waals surface area contributed by atoms with Gasteiger partial charge in [-0.2, -0.15) is 0 Å². The van der Waals surface area contributed by atoms with E-state index in [0.717, 1.165) is 17.3 Å². The summed E-state index contributed by atoms with van der Waals surface area (Å²) in [6.07, 6.45) is 2.47. The van der Waals surface area contributed by atoms with Gasteiger partial charge in [-0.15, -0.1) is 0 Å². The summed E-state index contributed by atoms with van der Waals surface area (Å²) in [5, 5.41) is 0.941. The maximum Gasteiger partial charge on any atom is 0.258 e. The van der Waals surface area contributed by atoms with E-state index >= 15 is 0 Å². The normalized spacial score (nSPS) is 10.9. The number of H-pyrrole nitrogens is 1. The quantitative estimate of drug-likeness (QED) is 0.480. The molecule has 158 valence electrons. The van der Waals surface area contributed by atoms with E-state index in [1.165, 1.54) is 12.7 Å². The summed E-state index contributed by atoms with van der Waals surface area (Å²) >= 11 is 0. The van der Waals surface area contributed by atoms with Crippen molar-refractivity contribution >= 4 is 16.8 Å². The molecule has 0 saturated heterocycles. The van der Waals surface area contributed by atoms with Gasteiger partial charge in [-0.25, -0.2) is 0 Å². The Morgan fingerprint density at radius 2 is 1.90 bits per heavy atom. The molecule has 0 bridgehead atoms. The second-order valence-corrected chi connectivity index (χ2v) is 7.34. The molecule has 4 rings (SSSR count). The lowest BCUT2D eigenvalue weighted by Gasteiger charge is -2.23. The van der Waals surface area contributed by atoms with Crippen LogP contribution in [0.5, 0.6) is 5.75 Å². The van der Waals surface area contributed by atoms with E-state index in [1.54, 1.807) is 41.5 Å². The van der Waals surface area contributed by atoms with Crippen LogP contribution in [0.25, 0.3) is 10.9 Å². The number of carbonyl (C=O) groups is 1. The Morgan fingerprint density at radius 3 is 2.65 bits per heavy atom. The highest BCUT2D eigenvalue weighted by Gasteiger charge is 2.22. The van der Waals surface area contributed by atoms with Gasteiger partial charge < -0.3 is 19.0 Å². The summed E-state index contributed by atoms with van der Waals surface area (Å²) in [4.78, 5) is 30.7. The SMILES string of the molecule is CCc1ccc2[nH]c(=O)c(CN(Cc3ccco3)C(=O)c3ccccc3OC)cc2c1. The van der Waals surface area contributed by atoms with Crippen LogP contribution in [0.4, 0.5) is 0 Å². The van der Waals surface area contributed by atoms with Gasteiger partial charge >= 0.3 is 0 Å². The molecule has 2 heterocycles. The third-order valence-corrected chi connectivity index (χ3v) is 5.31. The summed E-state index contributed by atoms with van der Waals surface area (Å²) in [7, 11) is 1.53. The summed E-state index contributed by atoms with van der Waals surface area (Å²) in [6.45, 7) is 2.46. The second kappa shape index (κ2) is 8.92. The van der Waals surface area contributed by atoms with Crippen molar-refractivity contribution in [3.05, 3.63) is 99.7 Å². The van der Waals surface area contributed by atoms with E-state index in [4.69, 9.17) is 9.15 Å². The number of pyridine rings is 1. The zero-order chi connectivity index (χ0) is 21.8. The minimum atomic E-state index is -0.240. The van der Waals surface area contributed by atoms with Gasteiger partial charge in [0.15, 0.2) is 0 Å². The van der Waals surface area contributed by atoms with Crippen LogP contribution in [-0.4, -0.2) is 22.9 Å². The average Bonchev–Trinajstić information content (AvgIpc) is 3.31. The molecule has 4 aromatic rings. The third kappa shape index (κ3) is 4.38. The third-order valence-electron chi connectivity index (χ3n) is 5.31. The van der Waals surface area contributed by atoms with Crippen molar-refractivity contribution in [2.24, 2.45) is 0 Å². The monoisotopic (exact) mass is 416 g/mol. The molecular formula is C25H24N2O4. The maximum absolute atomic E-state index is 13.4. The van der Waals surface area contributed by atoms with Gasteiger partial charge in [-0.1, -0.05) is 25.1 Å². The van der Waals surface area contributed by atoms with Crippen LogP contribution in [-0.2, 0) is 19.5 Å². The molecule has 0 aliphatic rings. The molecule has 6 nitrogen and oxygen atoms in total. The lowest BCUT2D eigenvalue weighted by atomic mass is 10.1. The molecule has 2 aromatic heterocycles. The summed E-state index contributed by atoms with van der Waals surface area (Å²) in [5.41, 5.74) is 2.69. The minimum absolute atomic E-state index is 0.138. The molecule has 31 heavy (non-hydrogen) atoms. The molecule has 6 heteroatoms. The number of carbonyl (C=O) groups excluding carboxylic acids is 1. The van der Waals surface area contributed by atoms with E-state index in [-0.39, 0.29) is 24.6 Å². The highest BCUT2D eigenvalue weighted by molar-refractivity contribution is 5.97. The smallest absolute Gasteiger partial charge is 0.258 e. The first kappa shape index (κ1) is 20.5. The highest BCUT2D eigenvalue weighted by atomic mass is 16.5. The molecule has 1 N–H and O–H groups in total. The number of aromatic nitrogens is 1. The molecular weight excluding hydrogens is 392 g/mol. The van der Waals surface area contributed by atoms with Gasteiger partial charge in [0.1, 0.15) is 11.5 Å². The Bertz CT molecular complexity index is 1260. The molecule has 1 amide bonds. The number of ether oxygens (including phenoxy) is 1. The number of methoxy groups -OCH3 is 1. The molecule has 0 spiro atoms. The van der Waals surface area contributed by atoms with Crippen molar-refractivity contribution in [2.75, 3.05) is 7.11 Å². The van der Waals surface area contributed by atoms with Crippen molar-refractivity contribution in [2.45, 2.75) is 26.4 Å². The fourth-order valence-corrected chi connectivity index (χ4v) is 3.63. The van der Waals surface area contributed by atoms with Gasteiger partial charge in [-0.3, -0.25) is 9.59 Å². The van der Waals surface area contributed by atoms with Crippen LogP contribution in [0, 0.1) is 0 Å². The first-order valence-corrected chi connectivity index (χ1v) is 10.2. The first-order chi connectivity index (χ1) is 15.1. The van der Waals surface area contributed by atoms with Crippen LogP contribution < -0.4 is 10.3 Å². The largest absolute Gasteiger partial charge is 0.496 e. The predicted molar refractivity (Wildman–Crippen MR) is 119 cm³/mol. The van der Waals surface area contributed by atoms with Crippen molar-refractivity contribution in [1.82, 2.24) is 9.88 Å². The Balaban J connectivity index is 1.73. The first-order valence-electron chi connectivity index (χ1n) is 10.2. The zero-order valence-electron chi connectivity index (χ0n) is 17.6. The second-order valence-electron chi connectivity index (χ2n) is 7.34. The Labute approximate surface area is 180 Å². The minimum Gasteiger partial charge on any atom is -0.496 e. The number of hydrogen-bond donors (Lipinski definition) is 1. The number of aromatic amines is 1. The van der Waals surface area contributed by atoms with Crippen LogP contribution in [0.3, 0.4) is 0 Å². The molecule has 0 fully saturated rings. The van der Waals surface area contributed by atoms with E-state index in [9.17, 15) is 9.59 Å². The summed E-state index contributed by atoms with van der Waals surface area (Å²) in [6, 6.07) is 18.5. The van der Waals surface area contributed by atoms with Gasteiger partial charge in [0.25, 0.3) is 11.5 Å². The maximum atomic E-state index is 13.4. The van der Waals surface area contributed by atoms with E-state index in [1.807, 2.05) is 24.3 Å². The van der Waals surface area contributed by atoms with Gasteiger partial charge in [-0.05, 0) is 59.8 Å². The van der Waals surface area contributed by atoms with Crippen molar-refractivity contribution in [3.63, 3.8) is 0 Å². The summed E-state index contributed by atoms with van der Waals surface area (Å²) in [5.74, 6) is 0.876. The molecule has 2 aromatic carbocycles. The fourth-order valence-electron chi connectivity index (χ4n) is 3.63. The zero-order valence-corrected chi connectivity index (χ0v) is 17.6. The van der Waals surface area contributed by atoms with E-state index in [0.29, 0.717) is 22.6 Å². The van der Waals surface area contributed by atoms with Crippen LogP contribution in [0.15, 0.2) is 76.1 Å². The lowest BCUT2D eigenvalue weighted by Crippen LogP contribution is -2.32. The highest BCUT2D eigenvalue weighted by Crippen LogP contribution is 2.22. The van der Waals surface area contributed by atoms with Crippen LogP contribution in [0.1, 0.15) is 34.2 Å². The predicted octanol–water partition coefficient (Wildman–Crippen LogP) is 4.53. The van der Waals surface area contributed by atoms with Gasteiger partial charge in [0.05, 0.1) is 32.0 Å². The van der Waals surface area contributed by atoms with E-state index < -0.39 is 0 Å². The van der Waals surface area contributed by atoms with Crippen molar-refractivity contribution in [1.29, 1.82) is 0 Å². The number of hydrogen-bond acceptors (Lipinski definition) is 4. The molecule has 0 atom stereocenters. The van der Waals surface area contributed by atoms with Crippen LogP contribution in [0.2, 0.25) is 0 Å². The van der Waals surface area contributed by atoms with Gasteiger partial charge in [0, 0.05) is 11.1 Å². The molecule has 0 aliphatic heterocycles. The Hall–Kier alpha value is -3.80. The van der Waals surface area contributed by atoms with Gasteiger partial charge in [0.2, 0.25) is 0 Å². The molecule has 0 radical (unpaired) electrons. The van der Waals surface area contributed by atoms with Crippen LogP contribution >= 0.6 is 0 Å². The number of benzene rings is 2. The average molecular weight is 416 g/mol. The standard InChI is InChI=1S/C25H24N2O4/c1-3-17-10-11-22-18(13-17)14-19(24(28)26-22)15-27(16-20-7-6-12-31-20)25(29)21-8-4-5-9-23(21)30-2/h4-14H,3,15-16H2,1-2H3,(H,26,28). The topological polar surface area (TPSA) is 75.5 Å². The number of aryl methyl sites for hydroxylation is 1. The molecule has 0 saturated carbocycles. The number of fused-ring (bicyclic) bond motifs is 1. The molecule has 0 aliphatic carbocycles. The number of rotatable bonds is 7. The Kier molecular flexibility index (Phi) is 5.89. The fraction of sp³-hybridized carbons (Fsp3) is 0.200.